The zero-order chi connectivity index (χ0) is 15.0. The maximum Gasteiger partial charge on any atom is 0.266 e. The van der Waals surface area contributed by atoms with Crippen LogP contribution in [0.2, 0.25) is 0 Å². The number of aromatic nitrogens is 2. The van der Waals surface area contributed by atoms with Crippen LogP contribution in [0.3, 0.4) is 0 Å². The standard InChI is InChI=1S/C15H9BrClFN2O/c16-11-7-9(18)5-6-13(11)20-14(8-17)19-12-4-2-1-3-10(12)15(20)21/h1-7H,8H2. The van der Waals surface area contributed by atoms with Gasteiger partial charge in [0.25, 0.3) is 5.56 Å². The topological polar surface area (TPSA) is 34.9 Å². The van der Waals surface area contributed by atoms with E-state index in [4.69, 9.17) is 11.6 Å². The Hall–Kier alpha value is -1.72. The highest BCUT2D eigenvalue weighted by Gasteiger charge is 2.14. The third-order valence-electron chi connectivity index (χ3n) is 3.12. The van der Waals surface area contributed by atoms with E-state index in [1.165, 1.54) is 22.8 Å². The van der Waals surface area contributed by atoms with Crippen LogP contribution in [-0.2, 0) is 5.88 Å². The normalized spacial score (nSPS) is 11.0. The largest absolute Gasteiger partial charge is 0.268 e. The highest BCUT2D eigenvalue weighted by atomic mass is 79.9. The van der Waals surface area contributed by atoms with Crippen molar-refractivity contribution >= 4 is 38.4 Å². The molecule has 0 spiro atoms. The number of alkyl halides is 1. The number of benzene rings is 2. The van der Waals surface area contributed by atoms with Gasteiger partial charge in [-0.05, 0) is 46.3 Å². The zero-order valence-corrected chi connectivity index (χ0v) is 13.0. The Kier molecular flexibility index (Phi) is 3.78. The van der Waals surface area contributed by atoms with Crippen LogP contribution < -0.4 is 5.56 Å². The molecule has 0 aliphatic heterocycles. The van der Waals surface area contributed by atoms with Gasteiger partial charge in [-0.3, -0.25) is 9.36 Å². The summed E-state index contributed by atoms with van der Waals surface area (Å²) in [4.78, 5) is 17.1. The van der Waals surface area contributed by atoms with Gasteiger partial charge in [0.15, 0.2) is 0 Å². The van der Waals surface area contributed by atoms with Gasteiger partial charge in [-0.15, -0.1) is 11.6 Å². The quantitative estimate of drug-likeness (QED) is 0.641. The summed E-state index contributed by atoms with van der Waals surface area (Å²) in [6, 6.07) is 11.2. The molecule has 0 saturated carbocycles. The molecule has 0 aliphatic carbocycles. The minimum Gasteiger partial charge on any atom is -0.268 e. The van der Waals surface area contributed by atoms with E-state index in [1.807, 2.05) is 6.07 Å². The molecule has 1 heterocycles. The van der Waals surface area contributed by atoms with E-state index >= 15 is 0 Å². The third-order valence-corrected chi connectivity index (χ3v) is 3.99. The molecular weight excluding hydrogens is 359 g/mol. The van der Waals surface area contributed by atoms with E-state index in [9.17, 15) is 9.18 Å². The third kappa shape index (κ3) is 2.47. The minimum atomic E-state index is -0.389. The molecule has 3 nitrogen and oxygen atoms in total. The summed E-state index contributed by atoms with van der Waals surface area (Å²) in [6.07, 6.45) is 0. The average Bonchev–Trinajstić information content (AvgIpc) is 2.48. The predicted octanol–water partition coefficient (Wildman–Crippen LogP) is 4.03. The van der Waals surface area contributed by atoms with Gasteiger partial charge < -0.3 is 0 Å². The molecule has 3 aromatic rings. The van der Waals surface area contributed by atoms with Crippen LogP contribution in [0.15, 0.2) is 51.7 Å². The van der Waals surface area contributed by atoms with Crippen molar-refractivity contribution < 1.29 is 4.39 Å². The van der Waals surface area contributed by atoms with Gasteiger partial charge in [0.1, 0.15) is 11.6 Å². The number of rotatable bonds is 2. The van der Waals surface area contributed by atoms with Gasteiger partial charge in [-0.1, -0.05) is 12.1 Å². The Morgan fingerprint density at radius 1 is 1.24 bits per heavy atom. The zero-order valence-electron chi connectivity index (χ0n) is 10.7. The monoisotopic (exact) mass is 366 g/mol. The van der Waals surface area contributed by atoms with Gasteiger partial charge in [0.05, 0.1) is 22.5 Å². The van der Waals surface area contributed by atoms with Crippen LogP contribution in [-0.4, -0.2) is 9.55 Å². The van der Waals surface area contributed by atoms with Crippen molar-refractivity contribution in [2.24, 2.45) is 0 Å². The fourth-order valence-electron chi connectivity index (χ4n) is 2.18. The van der Waals surface area contributed by atoms with Gasteiger partial charge in [-0.25, -0.2) is 9.37 Å². The number of hydrogen-bond acceptors (Lipinski definition) is 2. The van der Waals surface area contributed by atoms with Gasteiger partial charge in [-0.2, -0.15) is 0 Å². The fraction of sp³-hybridized carbons (Fsp3) is 0.0667. The lowest BCUT2D eigenvalue weighted by Gasteiger charge is -2.13. The van der Waals surface area contributed by atoms with Crippen LogP contribution in [0.5, 0.6) is 0 Å². The second-order valence-corrected chi connectivity index (χ2v) is 5.54. The van der Waals surface area contributed by atoms with Crippen molar-refractivity contribution in [3.8, 4) is 5.69 Å². The van der Waals surface area contributed by atoms with Gasteiger partial charge in [0.2, 0.25) is 0 Å². The van der Waals surface area contributed by atoms with E-state index in [2.05, 4.69) is 20.9 Å². The minimum absolute atomic E-state index is 0.0733. The number of nitrogens with zero attached hydrogens (tertiary/aromatic N) is 2. The average molecular weight is 368 g/mol. The lowest BCUT2D eigenvalue weighted by atomic mass is 10.2. The van der Waals surface area contributed by atoms with E-state index in [1.54, 1.807) is 18.2 Å². The molecule has 0 unspecified atom stereocenters. The second kappa shape index (κ2) is 5.58. The molecule has 3 rings (SSSR count). The van der Waals surface area contributed by atoms with Crippen molar-refractivity contribution in [2.75, 3.05) is 0 Å². The first-order valence-corrected chi connectivity index (χ1v) is 7.46. The van der Waals surface area contributed by atoms with Gasteiger partial charge >= 0.3 is 0 Å². The second-order valence-electron chi connectivity index (χ2n) is 4.42. The highest BCUT2D eigenvalue weighted by Crippen LogP contribution is 2.23. The first-order valence-electron chi connectivity index (χ1n) is 6.14. The van der Waals surface area contributed by atoms with Crippen LogP contribution in [0, 0.1) is 5.82 Å². The van der Waals surface area contributed by atoms with E-state index in [0.717, 1.165) is 0 Å². The molecular formula is C15H9BrClFN2O. The molecule has 1 aromatic heterocycles. The van der Waals surface area contributed by atoms with Crippen LogP contribution in [0.25, 0.3) is 16.6 Å². The first-order chi connectivity index (χ1) is 10.1. The highest BCUT2D eigenvalue weighted by molar-refractivity contribution is 9.10. The summed E-state index contributed by atoms with van der Waals surface area (Å²) < 4.78 is 15.1. The molecule has 106 valence electrons. The molecule has 0 N–H and O–H groups in total. The molecule has 0 atom stereocenters. The molecule has 0 bridgehead atoms. The van der Waals surface area contributed by atoms with E-state index < -0.39 is 0 Å². The Morgan fingerprint density at radius 2 is 2.00 bits per heavy atom. The van der Waals surface area contributed by atoms with E-state index in [0.29, 0.717) is 26.9 Å². The number of halogens is 3. The van der Waals surface area contributed by atoms with E-state index in [-0.39, 0.29) is 17.3 Å². The predicted molar refractivity (Wildman–Crippen MR) is 84.6 cm³/mol. The lowest BCUT2D eigenvalue weighted by molar-refractivity contribution is 0.626. The Morgan fingerprint density at radius 3 is 2.71 bits per heavy atom. The summed E-state index contributed by atoms with van der Waals surface area (Å²) in [5.41, 5.74) is 0.867. The maximum absolute atomic E-state index is 13.2. The fourth-order valence-corrected chi connectivity index (χ4v) is 2.89. The molecule has 6 heteroatoms. The van der Waals surface area contributed by atoms with Crippen LogP contribution >= 0.6 is 27.5 Å². The molecule has 21 heavy (non-hydrogen) atoms. The Balaban J connectivity index is 2.41. The van der Waals surface area contributed by atoms with Crippen LogP contribution in [0.1, 0.15) is 5.82 Å². The lowest BCUT2D eigenvalue weighted by Crippen LogP contribution is -2.23. The number of fused-ring (bicyclic) bond motifs is 1. The first kappa shape index (κ1) is 14.2. The molecule has 0 radical (unpaired) electrons. The van der Waals surface area contributed by atoms with Crippen molar-refractivity contribution in [1.29, 1.82) is 0 Å². The smallest absolute Gasteiger partial charge is 0.266 e. The van der Waals surface area contributed by atoms with Crippen molar-refractivity contribution in [1.82, 2.24) is 9.55 Å². The summed E-state index contributed by atoms with van der Waals surface area (Å²) in [7, 11) is 0. The van der Waals surface area contributed by atoms with Crippen molar-refractivity contribution in [2.45, 2.75) is 5.88 Å². The molecule has 0 amide bonds. The summed E-state index contributed by atoms with van der Waals surface area (Å²) >= 11 is 9.20. The molecule has 0 aliphatic rings. The molecule has 2 aromatic carbocycles. The SMILES string of the molecule is O=c1c2ccccc2nc(CCl)n1-c1ccc(F)cc1Br. The van der Waals surface area contributed by atoms with Crippen molar-refractivity contribution in [3.63, 3.8) is 0 Å². The summed E-state index contributed by atoms with van der Waals surface area (Å²) in [5, 5.41) is 0.489. The summed E-state index contributed by atoms with van der Waals surface area (Å²) in [6.45, 7) is 0. The number of para-hydroxylation sites is 1. The van der Waals surface area contributed by atoms with Crippen LogP contribution in [0.4, 0.5) is 4.39 Å². The summed E-state index contributed by atoms with van der Waals surface area (Å²) in [5.74, 6) is 0.0942. The number of hydrogen-bond donors (Lipinski definition) is 0. The Labute approximate surface area is 133 Å². The van der Waals surface area contributed by atoms with Crippen molar-refractivity contribution in [3.05, 3.63) is 68.9 Å². The Bertz CT molecular complexity index is 894. The maximum atomic E-state index is 13.2. The van der Waals surface area contributed by atoms with Gasteiger partial charge in [0, 0.05) is 4.47 Å². The molecule has 0 saturated heterocycles. The molecule has 0 fully saturated rings.